The second-order valence-electron chi connectivity index (χ2n) is 8.00. The molecule has 1 aliphatic rings. The zero-order valence-corrected chi connectivity index (χ0v) is 18.2. The minimum absolute atomic E-state index is 0.0163. The van der Waals surface area contributed by atoms with Crippen molar-refractivity contribution in [2.75, 3.05) is 26.2 Å². The van der Waals surface area contributed by atoms with Crippen LogP contribution in [0.3, 0.4) is 0 Å². The van der Waals surface area contributed by atoms with Gasteiger partial charge in [0, 0.05) is 55.0 Å². The molecular formula is C22H25ClFN5O. The Kier molecular flexibility index (Phi) is 5.75. The van der Waals surface area contributed by atoms with Crippen LogP contribution in [0.15, 0.2) is 30.5 Å². The summed E-state index contributed by atoms with van der Waals surface area (Å²) in [6.45, 7) is 8.89. The van der Waals surface area contributed by atoms with Crippen molar-refractivity contribution in [3.63, 3.8) is 0 Å². The Bertz CT molecular complexity index is 1070. The maximum absolute atomic E-state index is 14.1. The molecule has 0 spiro atoms. The number of fused-ring (bicyclic) bond motifs is 1. The molecule has 3 aromatic rings. The molecule has 1 saturated heterocycles. The summed E-state index contributed by atoms with van der Waals surface area (Å²) in [5.74, 6) is -0.310. The smallest absolute Gasteiger partial charge is 0.254 e. The van der Waals surface area contributed by atoms with E-state index in [1.165, 1.54) is 6.07 Å². The zero-order chi connectivity index (χ0) is 21.4. The van der Waals surface area contributed by atoms with Crippen molar-refractivity contribution in [3.8, 4) is 0 Å². The molecule has 0 bridgehead atoms. The van der Waals surface area contributed by atoms with Gasteiger partial charge in [-0.05, 0) is 39.0 Å². The fourth-order valence-corrected chi connectivity index (χ4v) is 4.11. The number of rotatable bonds is 4. The van der Waals surface area contributed by atoms with Crippen LogP contribution in [0, 0.1) is 12.7 Å². The molecule has 0 unspecified atom stereocenters. The molecule has 2 aromatic heterocycles. The topological polar surface area (TPSA) is 54.3 Å². The normalized spacial score (nSPS) is 15.3. The SMILES string of the molecule is Cc1cc(C(=O)N2CCN(Cc3c(F)cccc3Cl)CC2)c2cnn(C(C)C)c2n1. The molecule has 0 radical (unpaired) electrons. The highest BCUT2D eigenvalue weighted by atomic mass is 35.5. The Labute approximate surface area is 180 Å². The lowest BCUT2D eigenvalue weighted by molar-refractivity contribution is 0.0629. The predicted molar refractivity (Wildman–Crippen MR) is 115 cm³/mol. The Balaban J connectivity index is 1.50. The second-order valence-corrected chi connectivity index (χ2v) is 8.41. The molecule has 8 heteroatoms. The highest BCUT2D eigenvalue weighted by Gasteiger charge is 2.26. The van der Waals surface area contributed by atoms with E-state index >= 15 is 0 Å². The van der Waals surface area contributed by atoms with E-state index in [1.54, 1.807) is 18.3 Å². The summed E-state index contributed by atoms with van der Waals surface area (Å²) in [6, 6.07) is 6.73. The Hall–Kier alpha value is -2.51. The van der Waals surface area contributed by atoms with Gasteiger partial charge in [0.1, 0.15) is 5.82 Å². The first-order valence-electron chi connectivity index (χ1n) is 10.1. The number of aromatic nitrogens is 3. The van der Waals surface area contributed by atoms with Crippen LogP contribution in [0.4, 0.5) is 4.39 Å². The van der Waals surface area contributed by atoms with E-state index in [9.17, 15) is 9.18 Å². The summed E-state index contributed by atoms with van der Waals surface area (Å²) >= 11 is 6.16. The molecule has 0 aliphatic carbocycles. The van der Waals surface area contributed by atoms with Crippen LogP contribution >= 0.6 is 11.6 Å². The van der Waals surface area contributed by atoms with Gasteiger partial charge < -0.3 is 4.90 Å². The van der Waals surface area contributed by atoms with Gasteiger partial charge in [-0.15, -0.1) is 0 Å². The van der Waals surface area contributed by atoms with Gasteiger partial charge in [0.05, 0.1) is 17.1 Å². The van der Waals surface area contributed by atoms with E-state index in [4.69, 9.17) is 11.6 Å². The molecule has 158 valence electrons. The predicted octanol–water partition coefficient (Wildman–Crippen LogP) is 4.07. The average molecular weight is 430 g/mol. The number of carbonyl (C=O) groups excluding carboxylic acids is 1. The lowest BCUT2D eigenvalue weighted by Gasteiger charge is -2.35. The monoisotopic (exact) mass is 429 g/mol. The minimum Gasteiger partial charge on any atom is -0.336 e. The Morgan fingerprint density at radius 2 is 1.97 bits per heavy atom. The number of benzene rings is 1. The molecule has 6 nitrogen and oxygen atoms in total. The maximum atomic E-state index is 14.1. The highest BCUT2D eigenvalue weighted by Crippen LogP contribution is 2.24. The van der Waals surface area contributed by atoms with Gasteiger partial charge in [0.2, 0.25) is 0 Å². The molecule has 1 amide bonds. The molecule has 1 aliphatic heterocycles. The van der Waals surface area contributed by atoms with Gasteiger partial charge >= 0.3 is 0 Å². The molecule has 1 aromatic carbocycles. The lowest BCUT2D eigenvalue weighted by Crippen LogP contribution is -2.48. The largest absolute Gasteiger partial charge is 0.336 e. The molecular weight excluding hydrogens is 405 g/mol. The summed E-state index contributed by atoms with van der Waals surface area (Å²) in [5.41, 5.74) is 2.67. The van der Waals surface area contributed by atoms with Crippen molar-refractivity contribution in [2.45, 2.75) is 33.4 Å². The number of pyridine rings is 1. The van der Waals surface area contributed by atoms with E-state index in [0.717, 1.165) is 16.7 Å². The quantitative estimate of drug-likeness (QED) is 0.627. The van der Waals surface area contributed by atoms with Crippen LogP contribution in [0.2, 0.25) is 5.02 Å². The van der Waals surface area contributed by atoms with Gasteiger partial charge in [-0.2, -0.15) is 5.10 Å². The molecule has 0 atom stereocenters. The number of piperazine rings is 1. The molecule has 30 heavy (non-hydrogen) atoms. The van der Waals surface area contributed by atoms with Crippen LogP contribution < -0.4 is 0 Å². The van der Waals surface area contributed by atoms with Crippen LogP contribution in [0.25, 0.3) is 11.0 Å². The van der Waals surface area contributed by atoms with Crippen molar-refractivity contribution in [3.05, 3.63) is 58.1 Å². The molecule has 1 fully saturated rings. The third-order valence-corrected chi connectivity index (χ3v) is 5.87. The lowest BCUT2D eigenvalue weighted by atomic mass is 10.1. The fourth-order valence-electron chi connectivity index (χ4n) is 3.88. The van der Waals surface area contributed by atoms with Crippen molar-refractivity contribution in [1.29, 1.82) is 0 Å². The standard InChI is InChI=1S/C22H25ClFN5O/c1-14(2)29-21-17(12-25-29)16(11-15(3)26-21)22(30)28-9-7-27(8-10-28)13-18-19(23)5-4-6-20(18)24/h4-6,11-12,14H,7-10,13H2,1-3H3. The van der Waals surface area contributed by atoms with E-state index in [1.807, 2.05) is 36.4 Å². The number of amides is 1. The molecule has 0 saturated carbocycles. The number of nitrogens with zero attached hydrogens (tertiary/aromatic N) is 5. The first-order chi connectivity index (χ1) is 14.3. The minimum atomic E-state index is -0.294. The van der Waals surface area contributed by atoms with Gasteiger partial charge in [-0.25, -0.2) is 14.1 Å². The van der Waals surface area contributed by atoms with E-state index in [0.29, 0.717) is 48.9 Å². The third-order valence-electron chi connectivity index (χ3n) is 5.52. The van der Waals surface area contributed by atoms with Crippen molar-refractivity contribution >= 4 is 28.5 Å². The van der Waals surface area contributed by atoms with Crippen LogP contribution in [-0.2, 0) is 6.54 Å². The first kappa shape index (κ1) is 20.8. The number of carbonyl (C=O) groups is 1. The number of aryl methyl sites for hydroxylation is 1. The summed E-state index contributed by atoms with van der Waals surface area (Å²) in [4.78, 5) is 21.8. The second kappa shape index (κ2) is 8.32. The Morgan fingerprint density at radius 1 is 1.23 bits per heavy atom. The van der Waals surface area contributed by atoms with E-state index in [2.05, 4.69) is 15.0 Å². The van der Waals surface area contributed by atoms with Crippen LogP contribution in [-0.4, -0.2) is 56.7 Å². The third kappa shape index (κ3) is 3.91. The molecule has 3 heterocycles. The van der Waals surface area contributed by atoms with E-state index < -0.39 is 0 Å². The summed E-state index contributed by atoms with van der Waals surface area (Å²) in [7, 11) is 0. The first-order valence-corrected chi connectivity index (χ1v) is 10.5. The van der Waals surface area contributed by atoms with Crippen molar-refractivity contribution < 1.29 is 9.18 Å². The van der Waals surface area contributed by atoms with Gasteiger partial charge in [-0.3, -0.25) is 9.69 Å². The summed E-state index contributed by atoms with van der Waals surface area (Å²) < 4.78 is 15.9. The fraction of sp³-hybridized carbons (Fsp3) is 0.409. The number of hydrogen-bond acceptors (Lipinski definition) is 4. The number of halogens is 2. The van der Waals surface area contributed by atoms with Crippen molar-refractivity contribution in [1.82, 2.24) is 24.6 Å². The molecule has 4 rings (SSSR count). The maximum Gasteiger partial charge on any atom is 0.254 e. The number of hydrogen-bond donors (Lipinski definition) is 0. The van der Waals surface area contributed by atoms with Crippen molar-refractivity contribution in [2.24, 2.45) is 0 Å². The zero-order valence-electron chi connectivity index (χ0n) is 17.4. The summed E-state index contributed by atoms with van der Waals surface area (Å²) in [6.07, 6.45) is 1.73. The van der Waals surface area contributed by atoms with Gasteiger partial charge in [0.25, 0.3) is 5.91 Å². The van der Waals surface area contributed by atoms with E-state index in [-0.39, 0.29) is 17.8 Å². The van der Waals surface area contributed by atoms with Crippen LogP contribution in [0.5, 0.6) is 0 Å². The van der Waals surface area contributed by atoms with Gasteiger partial charge in [-0.1, -0.05) is 17.7 Å². The Morgan fingerprint density at radius 3 is 2.63 bits per heavy atom. The summed E-state index contributed by atoms with van der Waals surface area (Å²) in [5, 5.41) is 5.64. The van der Waals surface area contributed by atoms with Gasteiger partial charge in [0.15, 0.2) is 5.65 Å². The highest BCUT2D eigenvalue weighted by molar-refractivity contribution is 6.31. The molecule has 0 N–H and O–H groups in total. The van der Waals surface area contributed by atoms with Crippen LogP contribution in [0.1, 0.15) is 41.5 Å². The average Bonchev–Trinajstić information content (AvgIpc) is 3.14.